The van der Waals surface area contributed by atoms with Crippen molar-refractivity contribution in [2.45, 2.75) is 5.75 Å². The third-order valence-corrected chi connectivity index (χ3v) is 5.90. The molecule has 144 valence electrons. The summed E-state index contributed by atoms with van der Waals surface area (Å²) < 4.78 is 19.0. The normalized spacial score (nSPS) is 14.3. The van der Waals surface area contributed by atoms with Gasteiger partial charge in [-0.3, -0.25) is 4.79 Å². The molecule has 0 aliphatic carbocycles. The van der Waals surface area contributed by atoms with Crippen molar-refractivity contribution >= 4 is 35.0 Å². The average molecular weight is 409 g/mol. The lowest BCUT2D eigenvalue weighted by atomic mass is 10.2. The summed E-state index contributed by atoms with van der Waals surface area (Å²) in [6.45, 7) is 2.96. The number of ether oxygens (including phenoxy) is 1. The van der Waals surface area contributed by atoms with Crippen molar-refractivity contribution in [2.24, 2.45) is 0 Å². The zero-order chi connectivity index (χ0) is 19.2. The van der Waals surface area contributed by atoms with E-state index in [4.69, 9.17) is 16.3 Å². The number of hydrogen-bond donors (Lipinski definition) is 0. The molecule has 2 aromatic rings. The molecule has 1 fully saturated rings. The van der Waals surface area contributed by atoms with Crippen molar-refractivity contribution in [3.63, 3.8) is 0 Å². The maximum absolute atomic E-state index is 13.8. The van der Waals surface area contributed by atoms with Crippen LogP contribution in [-0.2, 0) is 10.5 Å². The van der Waals surface area contributed by atoms with Crippen LogP contribution < -0.4 is 9.64 Å². The fourth-order valence-electron chi connectivity index (χ4n) is 3.01. The van der Waals surface area contributed by atoms with Crippen LogP contribution in [0.4, 0.5) is 10.1 Å². The van der Waals surface area contributed by atoms with Crippen LogP contribution in [0.2, 0.25) is 5.02 Å². The highest BCUT2D eigenvalue weighted by Crippen LogP contribution is 2.24. The summed E-state index contributed by atoms with van der Waals surface area (Å²) in [4.78, 5) is 16.6. The van der Waals surface area contributed by atoms with Gasteiger partial charge in [0.1, 0.15) is 11.6 Å². The van der Waals surface area contributed by atoms with Gasteiger partial charge in [0.25, 0.3) is 0 Å². The summed E-state index contributed by atoms with van der Waals surface area (Å²) >= 11 is 7.42. The number of carbonyl (C=O) groups excluding carboxylic acids is 1. The number of piperazine rings is 1. The maximum atomic E-state index is 13.8. The molecule has 0 atom stereocenters. The largest absolute Gasteiger partial charge is 0.497 e. The zero-order valence-electron chi connectivity index (χ0n) is 15.2. The van der Waals surface area contributed by atoms with Crippen LogP contribution in [0.5, 0.6) is 5.75 Å². The van der Waals surface area contributed by atoms with Gasteiger partial charge in [-0.1, -0.05) is 17.7 Å². The first kappa shape index (κ1) is 19.8. The number of halogens is 2. The number of amides is 1. The Balaban J connectivity index is 1.45. The highest BCUT2D eigenvalue weighted by Gasteiger charge is 2.21. The molecule has 3 rings (SSSR count). The number of anilines is 1. The first-order valence-corrected chi connectivity index (χ1v) is 10.3. The summed E-state index contributed by atoms with van der Waals surface area (Å²) in [6.07, 6.45) is 0. The lowest BCUT2D eigenvalue weighted by Crippen LogP contribution is -2.49. The maximum Gasteiger partial charge on any atom is 0.232 e. The third kappa shape index (κ3) is 5.08. The molecule has 0 aromatic heterocycles. The summed E-state index contributed by atoms with van der Waals surface area (Å²) in [5.74, 6) is 1.31. The number of carbonyl (C=O) groups is 1. The van der Waals surface area contributed by atoms with Gasteiger partial charge in [-0.25, -0.2) is 4.39 Å². The van der Waals surface area contributed by atoms with E-state index in [9.17, 15) is 9.18 Å². The monoisotopic (exact) mass is 408 g/mol. The average Bonchev–Trinajstić information content (AvgIpc) is 2.70. The molecule has 27 heavy (non-hydrogen) atoms. The Morgan fingerprint density at radius 2 is 1.85 bits per heavy atom. The number of hydrogen-bond acceptors (Lipinski definition) is 4. The predicted molar refractivity (Wildman–Crippen MR) is 109 cm³/mol. The molecule has 4 nitrogen and oxygen atoms in total. The highest BCUT2D eigenvalue weighted by molar-refractivity contribution is 7.99. The number of nitrogens with zero attached hydrogens (tertiary/aromatic N) is 2. The van der Waals surface area contributed by atoms with Crippen LogP contribution in [-0.4, -0.2) is 49.8 Å². The quantitative estimate of drug-likeness (QED) is 0.721. The summed E-state index contributed by atoms with van der Waals surface area (Å²) in [7, 11) is 1.65. The minimum Gasteiger partial charge on any atom is -0.497 e. The molecule has 1 amide bonds. The van der Waals surface area contributed by atoms with Crippen molar-refractivity contribution in [1.29, 1.82) is 0 Å². The van der Waals surface area contributed by atoms with E-state index >= 15 is 0 Å². The van der Waals surface area contributed by atoms with Gasteiger partial charge in [0, 0.05) is 48.2 Å². The van der Waals surface area contributed by atoms with Gasteiger partial charge in [0.15, 0.2) is 0 Å². The minimum atomic E-state index is -0.324. The molecule has 1 aliphatic heterocycles. The van der Waals surface area contributed by atoms with Crippen LogP contribution in [0.1, 0.15) is 5.56 Å². The second-order valence-electron chi connectivity index (χ2n) is 6.26. The molecule has 0 N–H and O–H groups in total. The highest BCUT2D eigenvalue weighted by atomic mass is 35.5. The van der Waals surface area contributed by atoms with E-state index in [1.165, 1.54) is 17.8 Å². The van der Waals surface area contributed by atoms with Crippen LogP contribution >= 0.6 is 23.4 Å². The fourth-order valence-corrected chi connectivity index (χ4v) is 4.27. The van der Waals surface area contributed by atoms with Crippen LogP contribution in [0.25, 0.3) is 0 Å². The zero-order valence-corrected chi connectivity index (χ0v) is 16.7. The molecule has 2 aromatic carbocycles. The second-order valence-corrected chi connectivity index (χ2v) is 7.65. The van der Waals surface area contributed by atoms with Gasteiger partial charge in [-0.15, -0.1) is 11.8 Å². The topological polar surface area (TPSA) is 32.8 Å². The second kappa shape index (κ2) is 9.33. The Kier molecular flexibility index (Phi) is 6.85. The van der Waals surface area contributed by atoms with Gasteiger partial charge >= 0.3 is 0 Å². The Morgan fingerprint density at radius 1 is 1.15 bits per heavy atom. The minimum absolute atomic E-state index is 0.0850. The van der Waals surface area contributed by atoms with Gasteiger partial charge in [-0.05, 0) is 36.4 Å². The van der Waals surface area contributed by atoms with Gasteiger partial charge < -0.3 is 14.5 Å². The molecule has 0 bridgehead atoms. The van der Waals surface area contributed by atoms with E-state index in [0.29, 0.717) is 35.2 Å². The number of rotatable bonds is 6. The lowest BCUT2D eigenvalue weighted by Gasteiger charge is -2.36. The SMILES string of the molecule is COc1ccc(N2CCN(C(=O)CSCc3c(F)cccc3Cl)CC2)cc1. The van der Waals surface area contributed by atoms with E-state index in [0.717, 1.165) is 24.5 Å². The summed E-state index contributed by atoms with van der Waals surface area (Å²) in [5, 5.41) is 0.406. The summed E-state index contributed by atoms with van der Waals surface area (Å²) in [5.41, 5.74) is 1.59. The molecule has 1 saturated heterocycles. The van der Waals surface area contributed by atoms with Crippen LogP contribution in [0, 0.1) is 5.82 Å². The Morgan fingerprint density at radius 3 is 2.48 bits per heavy atom. The van der Waals surface area contributed by atoms with E-state index in [1.807, 2.05) is 29.2 Å². The molecule has 0 radical (unpaired) electrons. The Labute approximate surface area is 168 Å². The van der Waals surface area contributed by atoms with Gasteiger partial charge in [0.05, 0.1) is 12.9 Å². The van der Waals surface area contributed by atoms with E-state index in [1.54, 1.807) is 19.2 Å². The molecule has 7 heteroatoms. The third-order valence-electron chi connectivity index (χ3n) is 4.60. The first-order chi connectivity index (χ1) is 13.1. The number of methoxy groups -OCH3 is 1. The molecule has 1 heterocycles. The molecule has 0 spiro atoms. The lowest BCUT2D eigenvalue weighted by molar-refractivity contribution is -0.128. The van der Waals surface area contributed by atoms with Crippen molar-refractivity contribution in [3.05, 3.63) is 58.9 Å². The molecule has 1 aliphatic rings. The molecular formula is C20H22ClFN2O2S. The van der Waals surface area contributed by atoms with Crippen molar-refractivity contribution in [2.75, 3.05) is 43.9 Å². The number of benzene rings is 2. The Bertz CT molecular complexity index is 760. The Hall–Kier alpha value is -1.92. The van der Waals surface area contributed by atoms with Gasteiger partial charge in [-0.2, -0.15) is 0 Å². The molecular weight excluding hydrogens is 387 g/mol. The predicted octanol–water partition coefficient (Wildman–Crippen LogP) is 4.07. The van der Waals surface area contributed by atoms with Crippen molar-refractivity contribution in [3.8, 4) is 5.75 Å². The van der Waals surface area contributed by atoms with Crippen molar-refractivity contribution < 1.29 is 13.9 Å². The van der Waals surface area contributed by atoms with E-state index in [-0.39, 0.29) is 11.7 Å². The fraction of sp³-hybridized carbons (Fsp3) is 0.350. The molecule has 0 saturated carbocycles. The van der Waals surface area contributed by atoms with Gasteiger partial charge in [0.2, 0.25) is 5.91 Å². The first-order valence-electron chi connectivity index (χ1n) is 8.76. The van der Waals surface area contributed by atoms with Crippen LogP contribution in [0.15, 0.2) is 42.5 Å². The van der Waals surface area contributed by atoms with Crippen LogP contribution in [0.3, 0.4) is 0 Å². The van der Waals surface area contributed by atoms with E-state index in [2.05, 4.69) is 4.90 Å². The molecule has 0 unspecified atom stereocenters. The number of thioether (sulfide) groups is 1. The standard InChI is InChI=1S/C20H22ClFN2O2S/c1-26-16-7-5-15(6-8-16)23-9-11-24(12-10-23)20(25)14-27-13-17-18(21)3-2-4-19(17)22/h2-8H,9-14H2,1H3. The van der Waals surface area contributed by atoms with E-state index < -0.39 is 0 Å². The summed E-state index contributed by atoms with van der Waals surface area (Å²) in [6, 6.07) is 12.6. The van der Waals surface area contributed by atoms with Crippen molar-refractivity contribution in [1.82, 2.24) is 4.90 Å². The smallest absolute Gasteiger partial charge is 0.232 e.